The van der Waals surface area contributed by atoms with Crippen LogP contribution in [0.15, 0.2) is 84.9 Å². The molecule has 2 aliphatic heterocycles. The summed E-state index contributed by atoms with van der Waals surface area (Å²) in [5.41, 5.74) is 12.8. The Morgan fingerprint density at radius 1 is 0.619 bits per heavy atom. The number of nitrogens with two attached hydrogens (primary N) is 1. The summed E-state index contributed by atoms with van der Waals surface area (Å²) in [6.45, 7) is 10.1. The van der Waals surface area contributed by atoms with E-state index in [9.17, 15) is 9.59 Å². The van der Waals surface area contributed by atoms with E-state index in [0.29, 0.717) is 41.1 Å². The van der Waals surface area contributed by atoms with Crippen molar-refractivity contribution in [3.05, 3.63) is 96.1 Å². The molecule has 8 heterocycles. The van der Waals surface area contributed by atoms with Gasteiger partial charge >= 0.3 is 5.97 Å². The predicted molar refractivity (Wildman–Crippen MR) is 249 cm³/mol. The second kappa shape index (κ2) is 17.0. The van der Waals surface area contributed by atoms with Gasteiger partial charge in [-0.3, -0.25) is 13.6 Å². The largest absolute Gasteiger partial charge is 0.462 e. The van der Waals surface area contributed by atoms with Crippen molar-refractivity contribution >= 4 is 78.9 Å². The fourth-order valence-electron chi connectivity index (χ4n) is 8.30. The number of nitrogens with one attached hydrogen (secondary N) is 1. The minimum atomic E-state index is -0.363. The molecule has 8 aromatic rings. The minimum absolute atomic E-state index is 0.0529. The fourth-order valence-corrected chi connectivity index (χ4v) is 8.30. The molecule has 63 heavy (non-hydrogen) atoms. The lowest BCUT2D eigenvalue weighted by Crippen LogP contribution is -2.44. The van der Waals surface area contributed by atoms with E-state index in [4.69, 9.17) is 30.4 Å². The number of nitrogens with zero attached hydrogens (tertiary/aromatic N) is 10. The zero-order chi connectivity index (χ0) is 43.2. The van der Waals surface area contributed by atoms with Crippen molar-refractivity contribution in [1.29, 1.82) is 0 Å². The van der Waals surface area contributed by atoms with Crippen molar-refractivity contribution in [3.8, 4) is 0 Å². The van der Waals surface area contributed by atoms with Crippen LogP contribution in [0.25, 0.3) is 55.4 Å². The number of aromatic nitrogens is 6. The summed E-state index contributed by atoms with van der Waals surface area (Å²) in [7, 11) is 4.30. The molecule has 6 aromatic heterocycles. The molecule has 12 rings (SSSR count). The van der Waals surface area contributed by atoms with E-state index in [2.05, 4.69) is 51.1 Å². The molecule has 0 spiro atoms. The highest BCUT2D eigenvalue weighted by molar-refractivity contribution is 6.06. The molecule has 0 radical (unpaired) electrons. The van der Waals surface area contributed by atoms with Crippen LogP contribution in [-0.4, -0.2) is 136 Å². The molecule has 324 valence electrons. The van der Waals surface area contributed by atoms with E-state index in [1.54, 1.807) is 0 Å². The number of amides is 1. The molecule has 1 amide bonds. The Bertz CT molecular complexity index is 2990. The molecule has 3 N–H and O–H groups in total. The first-order valence-electron chi connectivity index (χ1n) is 22.2. The summed E-state index contributed by atoms with van der Waals surface area (Å²) in [5.74, 6) is 1.51. The molecule has 4 fully saturated rings. The number of piperazine rings is 2. The van der Waals surface area contributed by atoms with E-state index in [1.165, 1.54) is 12.8 Å². The van der Waals surface area contributed by atoms with Gasteiger partial charge in [0.05, 0.1) is 34.2 Å². The third kappa shape index (κ3) is 8.31. The van der Waals surface area contributed by atoms with Crippen LogP contribution in [0.4, 0.5) is 11.6 Å². The van der Waals surface area contributed by atoms with Gasteiger partial charge in [-0.25, -0.2) is 24.7 Å². The van der Waals surface area contributed by atoms with E-state index >= 15 is 0 Å². The molecule has 15 heteroatoms. The van der Waals surface area contributed by atoms with Crippen molar-refractivity contribution in [2.45, 2.75) is 44.7 Å². The Hall–Kier alpha value is -6.42. The third-order valence-electron chi connectivity index (χ3n) is 12.3. The summed E-state index contributed by atoms with van der Waals surface area (Å²) < 4.78 is 9.31. The molecule has 0 bridgehead atoms. The first-order valence-corrected chi connectivity index (χ1v) is 22.2. The number of hydrogen-bond acceptors (Lipinski definition) is 12. The lowest BCUT2D eigenvalue weighted by Gasteiger charge is -2.33. The highest BCUT2D eigenvalue weighted by Crippen LogP contribution is 2.30. The summed E-state index contributed by atoms with van der Waals surface area (Å²) in [4.78, 5) is 54.5. The Labute approximate surface area is 365 Å². The van der Waals surface area contributed by atoms with Crippen LogP contribution in [0.2, 0.25) is 0 Å². The Balaban J connectivity index is 0.000000137. The standard InChI is InChI=1S/C23H24N6O.C22H23N5O2.C3H7N/c1-27-10-12-28(13-11-27)20-9-6-15-14-17(23(30)24-16-7-8-16)22-25-18-4-2-3-5-19(18)29(22)21(15)26-20;1-3-29-22(28)16-14-15-8-9-19(26-12-10-25(2)11-13-26)24-20(15)27-18-7-5-4-6-17(18)23-21(16)27;4-3-1-2-3/h2-6,9,14,16H,7-8,10-13H2,1H3,(H,24,30);4-9,14H,3,10-13H2,1-2H3;3H,1-2,4H2. The van der Waals surface area contributed by atoms with Crippen molar-refractivity contribution in [1.82, 2.24) is 43.9 Å². The van der Waals surface area contributed by atoms with Gasteiger partial charge in [0.15, 0.2) is 11.3 Å². The van der Waals surface area contributed by atoms with Crippen molar-refractivity contribution in [2.24, 2.45) is 5.73 Å². The number of para-hydroxylation sites is 4. The van der Waals surface area contributed by atoms with Gasteiger partial charge in [-0.2, -0.15) is 0 Å². The van der Waals surface area contributed by atoms with Crippen LogP contribution in [0, 0.1) is 0 Å². The molecule has 0 unspecified atom stereocenters. The fraction of sp³-hybridized carbons (Fsp3) is 0.375. The van der Waals surface area contributed by atoms with Crippen LogP contribution in [0.5, 0.6) is 0 Å². The van der Waals surface area contributed by atoms with E-state index in [1.807, 2.05) is 88.5 Å². The number of ether oxygens (including phenoxy) is 1. The maximum Gasteiger partial charge on any atom is 0.341 e. The van der Waals surface area contributed by atoms with Crippen LogP contribution >= 0.6 is 0 Å². The number of carbonyl (C=O) groups excluding carboxylic acids is 2. The first-order chi connectivity index (χ1) is 30.7. The van der Waals surface area contributed by atoms with Crippen molar-refractivity contribution in [3.63, 3.8) is 0 Å². The quantitative estimate of drug-likeness (QED) is 0.196. The highest BCUT2D eigenvalue weighted by atomic mass is 16.5. The zero-order valence-corrected chi connectivity index (χ0v) is 36.2. The molecule has 4 aliphatic rings. The zero-order valence-electron chi connectivity index (χ0n) is 36.2. The Kier molecular flexibility index (Phi) is 11.0. The number of anilines is 2. The minimum Gasteiger partial charge on any atom is -0.462 e. The molecule has 15 nitrogen and oxygen atoms in total. The van der Waals surface area contributed by atoms with Crippen LogP contribution in [0.3, 0.4) is 0 Å². The number of benzene rings is 2. The Morgan fingerprint density at radius 2 is 1.08 bits per heavy atom. The number of imidazole rings is 2. The normalized spacial score (nSPS) is 17.3. The van der Waals surface area contributed by atoms with Crippen LogP contribution < -0.4 is 20.9 Å². The first kappa shape index (κ1) is 40.6. The monoisotopic (exact) mass is 846 g/mol. The SMILES string of the molecule is CCOC(=O)c1cc2ccc(N3CCN(C)CC3)nc2n2c1nc1ccccc12.CN1CCN(c2ccc3cc(C(=O)NC4CC4)c4nc5ccccc5n4c3n2)CC1.NC1CC1. The van der Waals surface area contributed by atoms with Gasteiger partial charge in [0.25, 0.3) is 5.91 Å². The van der Waals surface area contributed by atoms with Gasteiger partial charge < -0.3 is 35.4 Å². The smallest absolute Gasteiger partial charge is 0.341 e. The average Bonchev–Trinajstić information content (AvgIpc) is 4.22. The Morgan fingerprint density at radius 3 is 1.54 bits per heavy atom. The van der Waals surface area contributed by atoms with Gasteiger partial charge in [-0.15, -0.1) is 0 Å². The van der Waals surface area contributed by atoms with Crippen molar-refractivity contribution < 1.29 is 14.3 Å². The molecule has 2 aromatic carbocycles. The van der Waals surface area contributed by atoms with Gasteiger partial charge in [-0.1, -0.05) is 24.3 Å². The van der Waals surface area contributed by atoms with Crippen LogP contribution in [-0.2, 0) is 4.74 Å². The number of likely N-dealkylation sites (N-methyl/N-ethyl adjacent to an activating group) is 2. The number of carbonyl (C=O) groups is 2. The highest BCUT2D eigenvalue weighted by Gasteiger charge is 2.27. The second-order valence-corrected chi connectivity index (χ2v) is 17.2. The van der Waals surface area contributed by atoms with E-state index in [0.717, 1.165) is 121 Å². The summed E-state index contributed by atoms with van der Waals surface area (Å²) in [6.07, 6.45) is 4.64. The summed E-state index contributed by atoms with van der Waals surface area (Å²) >= 11 is 0. The molecule has 2 aliphatic carbocycles. The van der Waals surface area contributed by atoms with Crippen LogP contribution in [0.1, 0.15) is 53.3 Å². The van der Waals surface area contributed by atoms with Gasteiger partial charge in [0.2, 0.25) is 0 Å². The molecular formula is C48H54N12O3. The summed E-state index contributed by atoms with van der Waals surface area (Å²) in [5, 5.41) is 4.95. The van der Waals surface area contributed by atoms with Gasteiger partial charge in [0.1, 0.15) is 28.5 Å². The number of rotatable bonds is 6. The van der Waals surface area contributed by atoms with Gasteiger partial charge in [-0.05, 0) is 107 Å². The topological polar surface area (TPSA) is 155 Å². The third-order valence-corrected chi connectivity index (χ3v) is 12.3. The maximum absolute atomic E-state index is 13.0. The van der Waals surface area contributed by atoms with Gasteiger partial charge in [0, 0.05) is 75.2 Å². The molecule has 2 saturated heterocycles. The predicted octanol–water partition coefficient (Wildman–Crippen LogP) is 5.75. The molecule has 0 atom stereocenters. The number of esters is 1. The number of pyridine rings is 4. The lowest BCUT2D eigenvalue weighted by atomic mass is 10.1. The van der Waals surface area contributed by atoms with E-state index in [-0.39, 0.29) is 11.9 Å². The lowest BCUT2D eigenvalue weighted by molar-refractivity contribution is 0.0528. The average molecular weight is 847 g/mol. The number of fused-ring (bicyclic) bond motifs is 10. The summed E-state index contributed by atoms with van der Waals surface area (Å²) in [6, 6.07) is 28.8. The number of hydrogen-bond donors (Lipinski definition) is 2. The van der Waals surface area contributed by atoms with E-state index < -0.39 is 0 Å². The second-order valence-electron chi connectivity index (χ2n) is 17.2. The van der Waals surface area contributed by atoms with Crippen molar-refractivity contribution in [2.75, 3.05) is 82.9 Å². The maximum atomic E-state index is 13.0. The molecular weight excluding hydrogens is 793 g/mol. The molecule has 2 saturated carbocycles.